The third-order valence-electron chi connectivity index (χ3n) is 3.65. The molecule has 3 rings (SSSR count). The number of benzene rings is 1. The second-order valence-electron chi connectivity index (χ2n) is 5.83. The van der Waals surface area contributed by atoms with E-state index in [1.165, 1.54) is 0 Å². The highest BCUT2D eigenvalue weighted by atomic mass is 16.6. The van der Waals surface area contributed by atoms with Crippen LogP contribution in [0.15, 0.2) is 30.0 Å². The minimum atomic E-state index is -0.262. The summed E-state index contributed by atoms with van der Waals surface area (Å²) in [6.07, 6.45) is 3.36. The van der Waals surface area contributed by atoms with Crippen LogP contribution < -0.4 is 9.47 Å². The summed E-state index contributed by atoms with van der Waals surface area (Å²) in [6.45, 7) is 0.971. The van der Waals surface area contributed by atoms with E-state index in [1.807, 2.05) is 0 Å². The zero-order valence-corrected chi connectivity index (χ0v) is 12.8. The fourth-order valence-electron chi connectivity index (χ4n) is 2.40. The molecule has 2 aliphatic rings. The van der Waals surface area contributed by atoms with Gasteiger partial charge in [0.05, 0.1) is 5.57 Å². The van der Waals surface area contributed by atoms with E-state index < -0.39 is 0 Å². The van der Waals surface area contributed by atoms with Crippen molar-refractivity contribution in [3.8, 4) is 11.5 Å². The Balaban J connectivity index is 1.91. The Morgan fingerprint density at radius 2 is 1.82 bits per heavy atom. The molecule has 0 N–H and O–H groups in total. The van der Waals surface area contributed by atoms with Crippen molar-refractivity contribution < 1.29 is 19.1 Å². The van der Waals surface area contributed by atoms with E-state index in [0.717, 1.165) is 12.8 Å². The van der Waals surface area contributed by atoms with Gasteiger partial charge in [-0.05, 0) is 31.0 Å². The number of fused-ring (bicyclic) bond motifs is 1. The molecule has 1 aliphatic heterocycles. The first-order valence-corrected chi connectivity index (χ1v) is 7.43. The summed E-state index contributed by atoms with van der Waals surface area (Å²) >= 11 is 0. The van der Waals surface area contributed by atoms with Crippen LogP contribution in [0.1, 0.15) is 23.2 Å². The molecule has 1 aromatic rings. The quantitative estimate of drug-likeness (QED) is 0.361. The first-order chi connectivity index (χ1) is 10.6. The van der Waals surface area contributed by atoms with Crippen LogP contribution in [0.25, 0.3) is 0 Å². The van der Waals surface area contributed by atoms with E-state index in [-0.39, 0.29) is 23.1 Å². The second kappa shape index (κ2) is 5.83. The third kappa shape index (κ3) is 2.98. The molecule has 0 spiro atoms. The first-order valence-electron chi connectivity index (χ1n) is 7.43. The van der Waals surface area contributed by atoms with Crippen molar-refractivity contribution in [2.24, 2.45) is 5.92 Å². The van der Waals surface area contributed by atoms with E-state index in [9.17, 15) is 9.59 Å². The molecule has 0 atom stereocenters. The van der Waals surface area contributed by atoms with Crippen LogP contribution in [0.4, 0.5) is 0 Å². The highest BCUT2D eigenvalue weighted by Crippen LogP contribution is 2.35. The van der Waals surface area contributed by atoms with Crippen LogP contribution in [0.5, 0.6) is 11.5 Å². The topological polar surface area (TPSA) is 55.8 Å². The van der Waals surface area contributed by atoms with Crippen molar-refractivity contribution >= 4 is 11.6 Å². The highest BCUT2D eigenvalue weighted by molar-refractivity contribution is 6.27. The number of hydrogen-bond donors (Lipinski definition) is 0. The molecule has 0 radical (unpaired) electrons. The Bertz CT molecular complexity index is 644. The molecule has 0 bridgehead atoms. The predicted molar refractivity (Wildman–Crippen MR) is 81.3 cm³/mol. The van der Waals surface area contributed by atoms with Crippen LogP contribution in [-0.2, 0) is 4.79 Å². The molecular weight excluding hydrogens is 282 g/mol. The number of ether oxygens (including phenoxy) is 2. The van der Waals surface area contributed by atoms with E-state index >= 15 is 0 Å². The molecule has 0 amide bonds. The molecule has 5 nitrogen and oxygen atoms in total. The molecule has 116 valence electrons. The molecule has 1 fully saturated rings. The molecular formula is C17H19NO4. The van der Waals surface area contributed by atoms with Gasteiger partial charge in [-0.15, -0.1) is 0 Å². The standard InChI is InChI=1S/C17H19NO4/c1-18(2)10-13(16(19)11-3-4-11)17(20)12-5-6-14-15(9-12)22-8-7-21-14/h5-6,9-11H,3-4,7-8H2,1-2H3/b13-10+. The van der Waals surface area contributed by atoms with Crippen LogP contribution in [0.3, 0.4) is 0 Å². The lowest BCUT2D eigenvalue weighted by molar-refractivity contribution is -0.116. The van der Waals surface area contributed by atoms with Crippen LogP contribution >= 0.6 is 0 Å². The Morgan fingerprint density at radius 1 is 1.14 bits per heavy atom. The molecule has 0 aromatic heterocycles. The van der Waals surface area contributed by atoms with Gasteiger partial charge in [0.1, 0.15) is 13.2 Å². The summed E-state index contributed by atoms with van der Waals surface area (Å²) in [6, 6.07) is 5.05. The highest BCUT2D eigenvalue weighted by Gasteiger charge is 2.35. The summed E-state index contributed by atoms with van der Waals surface area (Å²) < 4.78 is 11.0. The number of carbonyl (C=O) groups is 2. The maximum absolute atomic E-state index is 12.7. The van der Waals surface area contributed by atoms with Crippen molar-refractivity contribution in [1.82, 2.24) is 4.90 Å². The summed E-state index contributed by atoms with van der Waals surface area (Å²) in [4.78, 5) is 26.8. The zero-order chi connectivity index (χ0) is 15.7. The first kappa shape index (κ1) is 14.6. The van der Waals surface area contributed by atoms with E-state index in [4.69, 9.17) is 9.47 Å². The number of ketones is 2. The molecule has 1 saturated carbocycles. The van der Waals surface area contributed by atoms with Crippen LogP contribution in [0, 0.1) is 5.92 Å². The number of hydrogen-bond acceptors (Lipinski definition) is 5. The van der Waals surface area contributed by atoms with Gasteiger partial charge in [0, 0.05) is 31.8 Å². The number of rotatable bonds is 5. The largest absolute Gasteiger partial charge is 0.486 e. The molecule has 5 heteroatoms. The predicted octanol–water partition coefficient (Wildman–Crippen LogP) is 2.07. The van der Waals surface area contributed by atoms with Gasteiger partial charge in [-0.2, -0.15) is 0 Å². The molecule has 0 saturated heterocycles. The van der Waals surface area contributed by atoms with Gasteiger partial charge < -0.3 is 14.4 Å². The fraction of sp³-hybridized carbons (Fsp3) is 0.412. The van der Waals surface area contributed by atoms with Crippen molar-refractivity contribution in [3.63, 3.8) is 0 Å². The maximum Gasteiger partial charge on any atom is 0.198 e. The van der Waals surface area contributed by atoms with Crippen molar-refractivity contribution in [2.45, 2.75) is 12.8 Å². The summed E-state index contributed by atoms with van der Waals surface area (Å²) in [5.74, 6) is 0.873. The van der Waals surface area contributed by atoms with Gasteiger partial charge in [0.15, 0.2) is 23.1 Å². The normalized spacial score (nSPS) is 17.1. The lowest BCUT2D eigenvalue weighted by atomic mass is 9.98. The van der Waals surface area contributed by atoms with E-state index in [2.05, 4.69) is 0 Å². The SMILES string of the molecule is CN(C)/C=C(/C(=O)c1ccc2c(c1)OCCO2)C(=O)C1CC1. The summed E-state index contributed by atoms with van der Waals surface area (Å²) in [7, 11) is 3.61. The van der Waals surface area contributed by atoms with Crippen LogP contribution in [-0.4, -0.2) is 43.8 Å². The summed E-state index contributed by atoms with van der Waals surface area (Å²) in [5, 5.41) is 0. The average molecular weight is 301 g/mol. The smallest absolute Gasteiger partial charge is 0.198 e. The third-order valence-corrected chi connectivity index (χ3v) is 3.65. The lowest BCUT2D eigenvalue weighted by Crippen LogP contribution is -2.19. The van der Waals surface area contributed by atoms with Gasteiger partial charge in [-0.1, -0.05) is 0 Å². The Hall–Kier alpha value is -2.30. The Morgan fingerprint density at radius 3 is 2.45 bits per heavy atom. The lowest BCUT2D eigenvalue weighted by Gasteiger charge is -2.19. The molecule has 1 aliphatic carbocycles. The van der Waals surface area contributed by atoms with Gasteiger partial charge >= 0.3 is 0 Å². The molecule has 0 unspecified atom stereocenters. The van der Waals surface area contributed by atoms with Gasteiger partial charge in [-0.25, -0.2) is 0 Å². The molecule has 1 aromatic carbocycles. The summed E-state index contributed by atoms with van der Waals surface area (Å²) in [5.41, 5.74) is 0.690. The maximum atomic E-state index is 12.7. The molecule has 1 heterocycles. The Labute approximate surface area is 129 Å². The van der Waals surface area contributed by atoms with Crippen molar-refractivity contribution in [1.29, 1.82) is 0 Å². The fourth-order valence-corrected chi connectivity index (χ4v) is 2.40. The van der Waals surface area contributed by atoms with Crippen molar-refractivity contribution in [2.75, 3.05) is 27.3 Å². The van der Waals surface area contributed by atoms with Gasteiger partial charge in [0.25, 0.3) is 0 Å². The minimum Gasteiger partial charge on any atom is -0.486 e. The average Bonchev–Trinajstić information content (AvgIpc) is 3.35. The van der Waals surface area contributed by atoms with Gasteiger partial charge in [0.2, 0.25) is 0 Å². The minimum absolute atomic E-state index is 0.00682. The monoisotopic (exact) mass is 301 g/mol. The van der Waals surface area contributed by atoms with Crippen LogP contribution in [0.2, 0.25) is 0 Å². The second-order valence-corrected chi connectivity index (χ2v) is 5.83. The van der Waals surface area contributed by atoms with Crippen molar-refractivity contribution in [3.05, 3.63) is 35.5 Å². The number of allylic oxidation sites excluding steroid dienone is 1. The van der Waals surface area contributed by atoms with E-state index in [0.29, 0.717) is 30.3 Å². The number of Topliss-reactive ketones (excluding diaryl/α,β-unsaturated/α-hetero) is 2. The van der Waals surface area contributed by atoms with E-state index in [1.54, 1.807) is 43.4 Å². The van der Waals surface area contributed by atoms with Gasteiger partial charge in [-0.3, -0.25) is 9.59 Å². The zero-order valence-electron chi connectivity index (χ0n) is 12.8. The Kier molecular flexibility index (Phi) is 3.88. The number of carbonyl (C=O) groups excluding carboxylic acids is 2. The number of nitrogens with zero attached hydrogens (tertiary/aromatic N) is 1. The molecule has 22 heavy (non-hydrogen) atoms.